The molecule has 0 aliphatic carbocycles. The molecule has 0 bridgehead atoms. The van der Waals surface area contributed by atoms with E-state index >= 15 is 0 Å². The van der Waals surface area contributed by atoms with E-state index in [9.17, 15) is 0 Å². The van der Waals surface area contributed by atoms with Crippen LogP contribution in [-0.4, -0.2) is 53.1 Å². The Kier molecular flexibility index (Phi) is 6.35. The van der Waals surface area contributed by atoms with Crippen LogP contribution < -0.4 is 11.3 Å². The van der Waals surface area contributed by atoms with Gasteiger partial charge in [0, 0.05) is 18.1 Å². The van der Waals surface area contributed by atoms with Crippen molar-refractivity contribution < 1.29 is 0 Å². The highest BCUT2D eigenvalue weighted by Gasteiger charge is 2.11. The van der Waals surface area contributed by atoms with Gasteiger partial charge in [0.25, 0.3) is 0 Å². The van der Waals surface area contributed by atoms with E-state index in [1.54, 1.807) is 0 Å². The third-order valence-corrected chi connectivity index (χ3v) is 3.29. The molecule has 0 amide bonds. The number of anilines is 1. The smallest absolute Gasteiger partial charge is 0.148 e. The molecule has 1 rings (SSSR count). The van der Waals surface area contributed by atoms with Gasteiger partial charge in [0.2, 0.25) is 0 Å². The standard InChI is InChI=1S/C10H22N6S/c1-4-16(7-5-6-15(2)3)8-9-10(12-11)17-14-13-9/h12H,4-8,11H2,1-3H3. The minimum absolute atomic E-state index is 0.806. The molecule has 0 fully saturated rings. The molecule has 98 valence electrons. The summed E-state index contributed by atoms with van der Waals surface area (Å²) in [6.07, 6.45) is 1.16. The first-order valence-electron chi connectivity index (χ1n) is 5.82. The monoisotopic (exact) mass is 258 g/mol. The van der Waals surface area contributed by atoms with Gasteiger partial charge < -0.3 is 10.3 Å². The molecular weight excluding hydrogens is 236 g/mol. The van der Waals surface area contributed by atoms with E-state index in [1.807, 2.05) is 0 Å². The lowest BCUT2D eigenvalue weighted by Gasteiger charge is -2.20. The van der Waals surface area contributed by atoms with E-state index in [1.165, 1.54) is 11.5 Å². The summed E-state index contributed by atoms with van der Waals surface area (Å²) in [5.41, 5.74) is 3.57. The van der Waals surface area contributed by atoms with Crippen LogP contribution in [0.4, 0.5) is 5.00 Å². The van der Waals surface area contributed by atoms with Gasteiger partial charge in [-0.15, -0.1) is 5.10 Å². The molecule has 0 aliphatic heterocycles. The van der Waals surface area contributed by atoms with E-state index in [0.717, 1.165) is 43.3 Å². The van der Waals surface area contributed by atoms with Crippen molar-refractivity contribution in [1.82, 2.24) is 19.4 Å². The lowest BCUT2D eigenvalue weighted by Crippen LogP contribution is -2.27. The third-order valence-electron chi connectivity index (χ3n) is 2.59. The van der Waals surface area contributed by atoms with Gasteiger partial charge >= 0.3 is 0 Å². The quantitative estimate of drug-likeness (QED) is 0.525. The maximum atomic E-state index is 5.41. The van der Waals surface area contributed by atoms with Crippen LogP contribution in [0.5, 0.6) is 0 Å². The van der Waals surface area contributed by atoms with Crippen LogP contribution in [0, 0.1) is 0 Å². The predicted molar refractivity (Wildman–Crippen MR) is 71.8 cm³/mol. The Morgan fingerprint density at radius 2 is 2.12 bits per heavy atom. The summed E-state index contributed by atoms with van der Waals surface area (Å²) in [6, 6.07) is 0. The first kappa shape index (κ1) is 14.3. The van der Waals surface area contributed by atoms with Crippen molar-refractivity contribution in [3.05, 3.63) is 5.69 Å². The fourth-order valence-electron chi connectivity index (χ4n) is 1.59. The van der Waals surface area contributed by atoms with Crippen molar-refractivity contribution >= 4 is 16.5 Å². The third kappa shape index (κ3) is 4.95. The number of rotatable bonds is 8. The zero-order valence-electron chi connectivity index (χ0n) is 10.8. The Balaban J connectivity index is 2.41. The molecule has 1 heterocycles. The number of nitrogen functional groups attached to an aromatic ring is 1. The van der Waals surface area contributed by atoms with Crippen molar-refractivity contribution in [2.45, 2.75) is 19.9 Å². The van der Waals surface area contributed by atoms with Crippen LogP contribution in [0.3, 0.4) is 0 Å². The second-order valence-corrected chi connectivity index (χ2v) is 4.97. The summed E-state index contributed by atoms with van der Waals surface area (Å²) < 4.78 is 3.90. The number of hydrazine groups is 1. The van der Waals surface area contributed by atoms with E-state index in [2.05, 4.69) is 45.8 Å². The number of nitrogens with two attached hydrogens (primary N) is 1. The molecule has 0 aromatic carbocycles. The van der Waals surface area contributed by atoms with Crippen molar-refractivity contribution in [1.29, 1.82) is 0 Å². The average Bonchev–Trinajstić information content (AvgIpc) is 2.74. The average molecular weight is 258 g/mol. The minimum Gasteiger partial charge on any atom is -0.313 e. The van der Waals surface area contributed by atoms with Crippen molar-refractivity contribution in [2.75, 3.05) is 39.2 Å². The van der Waals surface area contributed by atoms with Crippen LogP contribution in [0.2, 0.25) is 0 Å². The fourth-order valence-corrected chi connectivity index (χ4v) is 2.08. The molecule has 0 spiro atoms. The molecule has 0 saturated carbocycles. The molecular formula is C10H22N6S. The van der Waals surface area contributed by atoms with Gasteiger partial charge in [-0.3, -0.25) is 4.90 Å². The molecule has 17 heavy (non-hydrogen) atoms. The topological polar surface area (TPSA) is 70.3 Å². The van der Waals surface area contributed by atoms with Crippen LogP contribution in [0.25, 0.3) is 0 Å². The van der Waals surface area contributed by atoms with E-state index < -0.39 is 0 Å². The minimum atomic E-state index is 0.806. The molecule has 3 N–H and O–H groups in total. The molecule has 0 radical (unpaired) electrons. The van der Waals surface area contributed by atoms with Gasteiger partial charge in [0.1, 0.15) is 10.7 Å². The number of hydrogen-bond acceptors (Lipinski definition) is 7. The maximum absolute atomic E-state index is 5.41. The summed E-state index contributed by atoms with van der Waals surface area (Å²) in [6.45, 7) is 6.14. The van der Waals surface area contributed by atoms with E-state index in [-0.39, 0.29) is 0 Å². The van der Waals surface area contributed by atoms with Crippen molar-refractivity contribution in [3.63, 3.8) is 0 Å². The highest BCUT2D eigenvalue weighted by molar-refractivity contribution is 7.10. The summed E-state index contributed by atoms with van der Waals surface area (Å²) in [4.78, 5) is 4.55. The fraction of sp³-hybridized carbons (Fsp3) is 0.800. The van der Waals surface area contributed by atoms with Crippen LogP contribution in [0.15, 0.2) is 0 Å². The second kappa shape index (κ2) is 7.54. The number of aromatic nitrogens is 2. The second-order valence-electron chi connectivity index (χ2n) is 4.22. The highest BCUT2D eigenvalue weighted by atomic mass is 32.1. The van der Waals surface area contributed by atoms with Gasteiger partial charge in [0.15, 0.2) is 0 Å². The number of nitrogens with one attached hydrogen (secondary N) is 1. The van der Waals surface area contributed by atoms with Crippen LogP contribution in [-0.2, 0) is 6.54 Å². The van der Waals surface area contributed by atoms with Crippen molar-refractivity contribution in [3.8, 4) is 0 Å². The van der Waals surface area contributed by atoms with Crippen LogP contribution >= 0.6 is 11.5 Å². The first-order valence-corrected chi connectivity index (χ1v) is 6.59. The van der Waals surface area contributed by atoms with Crippen molar-refractivity contribution in [2.24, 2.45) is 5.84 Å². The predicted octanol–water partition coefficient (Wildman–Crippen LogP) is 0.597. The SMILES string of the molecule is CCN(CCCN(C)C)Cc1nnsc1NN. The molecule has 0 saturated heterocycles. The Hall–Kier alpha value is -0.760. The summed E-state index contributed by atoms with van der Waals surface area (Å²) in [5, 5.41) is 4.95. The zero-order valence-corrected chi connectivity index (χ0v) is 11.6. The summed E-state index contributed by atoms with van der Waals surface area (Å²) in [7, 11) is 4.19. The Morgan fingerprint density at radius 1 is 1.35 bits per heavy atom. The largest absolute Gasteiger partial charge is 0.313 e. The van der Waals surface area contributed by atoms with Gasteiger partial charge in [-0.05, 0) is 40.2 Å². The zero-order chi connectivity index (χ0) is 12.7. The lowest BCUT2D eigenvalue weighted by atomic mass is 10.3. The first-order chi connectivity index (χ1) is 8.17. The van der Waals surface area contributed by atoms with E-state index in [0.29, 0.717) is 0 Å². The summed E-state index contributed by atoms with van der Waals surface area (Å²) in [5.74, 6) is 5.41. The molecule has 1 aromatic rings. The number of nitrogens with zero attached hydrogens (tertiary/aromatic N) is 4. The van der Waals surface area contributed by atoms with Gasteiger partial charge in [-0.1, -0.05) is 11.4 Å². The molecule has 7 heteroatoms. The molecule has 0 aliphatic rings. The lowest BCUT2D eigenvalue weighted by molar-refractivity contribution is 0.257. The Bertz CT molecular complexity index is 313. The Morgan fingerprint density at radius 3 is 2.71 bits per heavy atom. The van der Waals surface area contributed by atoms with Gasteiger partial charge in [-0.2, -0.15) is 0 Å². The molecule has 1 aromatic heterocycles. The number of hydrogen-bond donors (Lipinski definition) is 2. The molecule has 6 nitrogen and oxygen atoms in total. The summed E-state index contributed by atoms with van der Waals surface area (Å²) >= 11 is 1.30. The van der Waals surface area contributed by atoms with Gasteiger partial charge in [0.05, 0.1) is 0 Å². The highest BCUT2D eigenvalue weighted by Crippen LogP contribution is 2.17. The maximum Gasteiger partial charge on any atom is 0.148 e. The molecule has 0 atom stereocenters. The Labute approximate surface area is 107 Å². The van der Waals surface area contributed by atoms with Gasteiger partial charge in [-0.25, -0.2) is 5.84 Å². The normalized spacial score (nSPS) is 11.4. The van der Waals surface area contributed by atoms with E-state index in [4.69, 9.17) is 5.84 Å². The van der Waals surface area contributed by atoms with Crippen LogP contribution in [0.1, 0.15) is 19.0 Å². The molecule has 0 unspecified atom stereocenters.